The summed E-state index contributed by atoms with van der Waals surface area (Å²) in [4.78, 5) is 3.89. The van der Waals surface area contributed by atoms with E-state index in [1.165, 1.54) is 0 Å². The molecule has 0 spiro atoms. The van der Waals surface area contributed by atoms with Crippen molar-refractivity contribution in [2.24, 2.45) is 4.99 Å². The maximum atomic E-state index is 5.34. The fourth-order valence-corrected chi connectivity index (χ4v) is 1.35. The highest BCUT2D eigenvalue weighted by Gasteiger charge is 2.07. The Morgan fingerprint density at radius 3 is 2.73 bits per heavy atom. The Hall–Kier alpha value is -1.72. The van der Waals surface area contributed by atoms with Gasteiger partial charge in [-0.25, -0.2) is 0 Å². The zero-order valence-electron chi connectivity index (χ0n) is 8.38. The van der Waals surface area contributed by atoms with Crippen LogP contribution in [0.4, 0.5) is 5.69 Å². The lowest BCUT2D eigenvalue weighted by Crippen LogP contribution is -1.88. The first-order valence-electron chi connectivity index (χ1n) is 4.19. The average Bonchev–Trinajstić information content (AvgIpc) is 2.28. The molecule has 0 aliphatic heterocycles. The molecule has 0 radical (unpaired) electrons. The molecule has 0 aliphatic rings. The van der Waals surface area contributed by atoms with Crippen LogP contribution in [-0.4, -0.2) is 13.8 Å². The first kappa shape index (κ1) is 11.4. The van der Waals surface area contributed by atoms with Crippen LogP contribution in [0, 0.1) is 11.3 Å². The van der Waals surface area contributed by atoms with Crippen LogP contribution >= 0.6 is 11.6 Å². The van der Waals surface area contributed by atoms with Gasteiger partial charge in [-0.1, -0.05) is 12.7 Å². The standard InChI is InChI=1S/C12H10ClNO/c1-4-10-7-9(5-6-13)8-11(15-3)12(10)14-2/h4,7-8H,1-2H2,3H3. The third-order valence-corrected chi connectivity index (χ3v) is 1.99. The molecule has 1 aromatic rings. The summed E-state index contributed by atoms with van der Waals surface area (Å²) >= 11 is 5.34. The van der Waals surface area contributed by atoms with E-state index < -0.39 is 0 Å². The van der Waals surface area contributed by atoms with E-state index in [4.69, 9.17) is 16.3 Å². The van der Waals surface area contributed by atoms with E-state index in [2.05, 4.69) is 29.6 Å². The van der Waals surface area contributed by atoms with Gasteiger partial charge >= 0.3 is 0 Å². The Bertz CT molecular complexity index is 455. The number of rotatable bonds is 3. The summed E-state index contributed by atoms with van der Waals surface area (Å²) in [5.41, 5.74) is 2.23. The van der Waals surface area contributed by atoms with Gasteiger partial charge in [-0.05, 0) is 36.4 Å². The van der Waals surface area contributed by atoms with Crippen LogP contribution in [0.5, 0.6) is 5.75 Å². The molecule has 0 amide bonds. The molecular formula is C12H10ClNO. The van der Waals surface area contributed by atoms with Gasteiger partial charge in [-0.15, -0.1) is 0 Å². The van der Waals surface area contributed by atoms with Crippen molar-refractivity contribution < 1.29 is 4.74 Å². The fourth-order valence-electron chi connectivity index (χ4n) is 1.24. The van der Waals surface area contributed by atoms with Gasteiger partial charge in [-0.2, -0.15) is 0 Å². The van der Waals surface area contributed by atoms with Crippen LogP contribution < -0.4 is 4.74 Å². The van der Waals surface area contributed by atoms with Gasteiger partial charge in [0.15, 0.2) is 0 Å². The van der Waals surface area contributed by atoms with Gasteiger partial charge in [0.1, 0.15) is 11.4 Å². The van der Waals surface area contributed by atoms with Gasteiger partial charge in [0.25, 0.3) is 0 Å². The van der Waals surface area contributed by atoms with Crippen molar-refractivity contribution in [1.82, 2.24) is 0 Å². The highest BCUT2D eigenvalue weighted by molar-refractivity contribution is 6.30. The lowest BCUT2D eigenvalue weighted by Gasteiger charge is -2.08. The molecule has 0 heterocycles. The van der Waals surface area contributed by atoms with Crippen molar-refractivity contribution in [2.75, 3.05) is 7.11 Å². The molecule has 0 fully saturated rings. The Labute approximate surface area is 94.2 Å². The normalized spacial score (nSPS) is 8.67. The summed E-state index contributed by atoms with van der Waals surface area (Å²) in [6, 6.07) is 3.58. The number of hydrogen-bond acceptors (Lipinski definition) is 2. The molecule has 0 unspecified atom stereocenters. The van der Waals surface area contributed by atoms with Crippen LogP contribution in [0.3, 0.4) is 0 Å². The molecular weight excluding hydrogens is 210 g/mol. The zero-order valence-corrected chi connectivity index (χ0v) is 9.14. The smallest absolute Gasteiger partial charge is 0.146 e. The lowest BCUT2D eigenvalue weighted by atomic mass is 10.1. The van der Waals surface area contributed by atoms with Crippen molar-refractivity contribution in [3.05, 3.63) is 29.8 Å². The van der Waals surface area contributed by atoms with Crippen molar-refractivity contribution in [3.63, 3.8) is 0 Å². The van der Waals surface area contributed by atoms with Crippen LogP contribution in [-0.2, 0) is 0 Å². The molecule has 76 valence electrons. The third-order valence-electron chi connectivity index (χ3n) is 1.89. The number of aliphatic imine (C=N–C) groups is 1. The SMILES string of the molecule is C=Cc1cc(C#CCl)cc(OC)c1N=C. The Balaban J connectivity index is 3.46. The molecule has 0 saturated heterocycles. The Morgan fingerprint density at radius 1 is 1.53 bits per heavy atom. The average molecular weight is 220 g/mol. The second-order valence-corrected chi connectivity index (χ2v) is 2.89. The molecule has 3 heteroatoms. The summed E-state index contributed by atoms with van der Waals surface area (Å²) in [6.45, 7) is 7.18. The topological polar surface area (TPSA) is 21.6 Å². The second-order valence-electron chi connectivity index (χ2n) is 2.70. The molecule has 2 nitrogen and oxygen atoms in total. The summed E-state index contributed by atoms with van der Waals surface area (Å²) in [7, 11) is 1.56. The highest BCUT2D eigenvalue weighted by Crippen LogP contribution is 2.33. The van der Waals surface area contributed by atoms with Crippen LogP contribution in [0.25, 0.3) is 6.08 Å². The summed E-state index contributed by atoms with van der Waals surface area (Å²) < 4.78 is 5.17. The van der Waals surface area contributed by atoms with Gasteiger partial charge in [0, 0.05) is 16.5 Å². The van der Waals surface area contributed by atoms with Gasteiger partial charge < -0.3 is 4.74 Å². The van der Waals surface area contributed by atoms with Crippen LogP contribution in [0.15, 0.2) is 23.7 Å². The van der Waals surface area contributed by atoms with Crippen molar-refractivity contribution in [1.29, 1.82) is 0 Å². The van der Waals surface area contributed by atoms with E-state index in [0.29, 0.717) is 11.4 Å². The summed E-state index contributed by atoms with van der Waals surface area (Å²) in [5.74, 6) is 3.34. The molecule has 1 rings (SSSR count). The predicted octanol–water partition coefficient (Wildman–Crippen LogP) is 3.22. The highest BCUT2D eigenvalue weighted by atomic mass is 35.5. The van der Waals surface area contributed by atoms with E-state index in [0.717, 1.165) is 11.1 Å². The molecule has 15 heavy (non-hydrogen) atoms. The first-order valence-corrected chi connectivity index (χ1v) is 4.57. The maximum absolute atomic E-state index is 5.34. The van der Waals surface area contributed by atoms with Gasteiger partial charge in [-0.3, -0.25) is 4.99 Å². The second kappa shape index (κ2) is 5.23. The number of hydrogen-bond donors (Lipinski definition) is 0. The monoisotopic (exact) mass is 219 g/mol. The molecule has 0 atom stereocenters. The summed E-state index contributed by atoms with van der Waals surface area (Å²) in [6.07, 6.45) is 1.67. The number of halogens is 1. The van der Waals surface area contributed by atoms with Crippen LogP contribution in [0.2, 0.25) is 0 Å². The molecule has 0 aliphatic carbocycles. The van der Waals surface area contributed by atoms with E-state index in [9.17, 15) is 0 Å². The van der Waals surface area contributed by atoms with Gasteiger partial charge in [0.05, 0.1) is 7.11 Å². The van der Waals surface area contributed by atoms with E-state index in [1.54, 1.807) is 19.3 Å². The summed E-state index contributed by atoms with van der Waals surface area (Å²) in [5, 5.41) is 2.31. The zero-order chi connectivity index (χ0) is 11.3. The number of methoxy groups -OCH3 is 1. The minimum atomic E-state index is 0.608. The van der Waals surface area contributed by atoms with E-state index in [1.807, 2.05) is 6.07 Å². The van der Waals surface area contributed by atoms with E-state index >= 15 is 0 Å². The van der Waals surface area contributed by atoms with Gasteiger partial charge in [0.2, 0.25) is 0 Å². The largest absolute Gasteiger partial charge is 0.494 e. The number of nitrogens with zero attached hydrogens (tertiary/aromatic N) is 1. The minimum absolute atomic E-state index is 0.608. The van der Waals surface area contributed by atoms with Crippen molar-refractivity contribution >= 4 is 30.1 Å². The Kier molecular flexibility index (Phi) is 3.96. The molecule has 0 N–H and O–H groups in total. The molecule has 0 bridgehead atoms. The molecule has 0 saturated carbocycles. The molecule has 0 aromatic heterocycles. The van der Waals surface area contributed by atoms with Crippen molar-refractivity contribution in [2.45, 2.75) is 0 Å². The maximum Gasteiger partial charge on any atom is 0.146 e. The third kappa shape index (κ3) is 2.39. The van der Waals surface area contributed by atoms with Crippen molar-refractivity contribution in [3.8, 4) is 17.0 Å². The minimum Gasteiger partial charge on any atom is -0.494 e. The molecule has 1 aromatic carbocycles. The quantitative estimate of drug-likeness (QED) is 0.565. The van der Waals surface area contributed by atoms with Crippen LogP contribution in [0.1, 0.15) is 11.1 Å². The number of ether oxygens (including phenoxy) is 1. The first-order chi connectivity index (χ1) is 7.26. The fraction of sp³-hybridized carbons (Fsp3) is 0.0833. The van der Waals surface area contributed by atoms with E-state index in [-0.39, 0.29) is 0 Å². The predicted molar refractivity (Wildman–Crippen MR) is 65.0 cm³/mol. The lowest BCUT2D eigenvalue weighted by molar-refractivity contribution is 0.416. The number of benzene rings is 1. The Morgan fingerprint density at radius 2 is 2.27 bits per heavy atom.